The third kappa shape index (κ3) is 6.75. The van der Waals surface area contributed by atoms with Gasteiger partial charge in [-0.15, -0.1) is 0 Å². The van der Waals surface area contributed by atoms with Gasteiger partial charge >= 0.3 is 0 Å². The standard InChI is InChI=1S/C32H35N5O3S/c38-32(35-28-13-3-23(4-14-28)15-17-37-18-20-41(39,40)21-19-37)27-11-7-25(8-12-27)24-5-9-26(10-6-24)30-22-34-31(36-30)29-2-1-16-33-29/h3-14,22,29,33H,1-2,15-21H2,(H,34,36)(H,35,38)/t29-/m0/s1. The lowest BCUT2D eigenvalue weighted by Gasteiger charge is -2.26. The number of benzene rings is 3. The number of aromatic amines is 1. The van der Waals surface area contributed by atoms with Crippen LogP contribution in [0.4, 0.5) is 5.69 Å². The van der Waals surface area contributed by atoms with E-state index < -0.39 is 9.84 Å². The smallest absolute Gasteiger partial charge is 0.255 e. The van der Waals surface area contributed by atoms with E-state index in [0.717, 1.165) is 65.4 Å². The molecule has 0 unspecified atom stereocenters. The number of sulfone groups is 1. The van der Waals surface area contributed by atoms with Crippen molar-refractivity contribution in [3.05, 3.63) is 95.9 Å². The molecule has 9 heteroatoms. The number of nitrogens with one attached hydrogen (secondary N) is 3. The minimum absolute atomic E-state index is 0.152. The van der Waals surface area contributed by atoms with Crippen molar-refractivity contribution in [1.29, 1.82) is 0 Å². The van der Waals surface area contributed by atoms with Crippen molar-refractivity contribution in [1.82, 2.24) is 20.2 Å². The number of hydrogen-bond acceptors (Lipinski definition) is 6. The molecule has 1 atom stereocenters. The molecule has 3 aromatic carbocycles. The number of H-pyrrole nitrogens is 1. The van der Waals surface area contributed by atoms with Crippen molar-refractivity contribution >= 4 is 21.4 Å². The third-order valence-electron chi connectivity index (χ3n) is 8.03. The summed E-state index contributed by atoms with van der Waals surface area (Å²) in [5.74, 6) is 1.34. The zero-order valence-corrected chi connectivity index (χ0v) is 23.8. The second-order valence-corrected chi connectivity index (χ2v) is 13.2. The molecule has 0 spiro atoms. The second-order valence-electron chi connectivity index (χ2n) is 10.9. The van der Waals surface area contributed by atoms with Crippen LogP contribution < -0.4 is 10.6 Å². The summed E-state index contributed by atoms with van der Waals surface area (Å²) in [5, 5.41) is 6.45. The van der Waals surface area contributed by atoms with Gasteiger partial charge in [-0.2, -0.15) is 0 Å². The van der Waals surface area contributed by atoms with E-state index in [1.54, 1.807) is 0 Å². The number of nitrogens with zero attached hydrogens (tertiary/aromatic N) is 2. The van der Waals surface area contributed by atoms with Crippen LogP contribution in [-0.2, 0) is 16.3 Å². The molecule has 3 heterocycles. The molecule has 212 valence electrons. The molecule has 2 aliphatic heterocycles. The Labute approximate surface area is 241 Å². The van der Waals surface area contributed by atoms with Gasteiger partial charge in [0, 0.05) is 30.9 Å². The summed E-state index contributed by atoms with van der Waals surface area (Å²) >= 11 is 0. The Morgan fingerprint density at radius 3 is 2.22 bits per heavy atom. The van der Waals surface area contributed by atoms with Crippen LogP contribution >= 0.6 is 0 Å². The van der Waals surface area contributed by atoms with E-state index in [1.165, 1.54) is 6.42 Å². The average Bonchev–Trinajstić information content (AvgIpc) is 3.71. The first-order chi connectivity index (χ1) is 19.9. The molecule has 2 fully saturated rings. The maximum Gasteiger partial charge on any atom is 0.255 e. The van der Waals surface area contributed by atoms with Crippen LogP contribution in [-0.4, -0.2) is 66.9 Å². The predicted octanol–water partition coefficient (Wildman–Crippen LogP) is 4.69. The van der Waals surface area contributed by atoms with Crippen molar-refractivity contribution in [2.75, 3.05) is 43.0 Å². The maximum atomic E-state index is 12.8. The summed E-state index contributed by atoms with van der Waals surface area (Å²) in [6.45, 7) is 3.08. The molecule has 1 aromatic heterocycles. The number of aromatic nitrogens is 2. The van der Waals surface area contributed by atoms with Crippen LogP contribution in [0.3, 0.4) is 0 Å². The molecule has 4 aromatic rings. The van der Waals surface area contributed by atoms with Crippen LogP contribution in [0.25, 0.3) is 22.4 Å². The summed E-state index contributed by atoms with van der Waals surface area (Å²) in [5.41, 5.74) is 6.73. The van der Waals surface area contributed by atoms with E-state index in [0.29, 0.717) is 24.7 Å². The largest absolute Gasteiger partial charge is 0.341 e. The van der Waals surface area contributed by atoms with Gasteiger partial charge in [0.15, 0.2) is 9.84 Å². The Kier molecular flexibility index (Phi) is 8.00. The van der Waals surface area contributed by atoms with Crippen molar-refractivity contribution in [3.63, 3.8) is 0 Å². The van der Waals surface area contributed by atoms with Crippen LogP contribution in [0.1, 0.15) is 40.6 Å². The zero-order valence-electron chi connectivity index (χ0n) is 23.0. The molecule has 0 aliphatic carbocycles. The van der Waals surface area contributed by atoms with E-state index in [9.17, 15) is 13.2 Å². The lowest BCUT2D eigenvalue weighted by Crippen LogP contribution is -2.41. The van der Waals surface area contributed by atoms with Crippen LogP contribution in [0, 0.1) is 0 Å². The van der Waals surface area contributed by atoms with Crippen LogP contribution in [0.5, 0.6) is 0 Å². The molecular formula is C32H35N5O3S. The van der Waals surface area contributed by atoms with Crippen LogP contribution in [0.15, 0.2) is 79.0 Å². The van der Waals surface area contributed by atoms with Crippen molar-refractivity contribution in [2.24, 2.45) is 0 Å². The van der Waals surface area contributed by atoms with Gasteiger partial charge in [0.2, 0.25) is 0 Å². The molecular weight excluding hydrogens is 534 g/mol. The molecule has 8 nitrogen and oxygen atoms in total. The number of hydrogen-bond donors (Lipinski definition) is 3. The Bertz CT molecular complexity index is 1580. The quantitative estimate of drug-likeness (QED) is 0.284. The highest BCUT2D eigenvalue weighted by Gasteiger charge is 2.21. The van der Waals surface area contributed by atoms with Gasteiger partial charge in [0.05, 0.1) is 29.4 Å². The molecule has 0 radical (unpaired) electrons. The minimum atomic E-state index is -2.85. The highest BCUT2D eigenvalue weighted by Crippen LogP contribution is 2.27. The molecule has 2 saturated heterocycles. The number of carbonyl (C=O) groups excluding carboxylic acids is 1. The first-order valence-electron chi connectivity index (χ1n) is 14.2. The third-order valence-corrected chi connectivity index (χ3v) is 9.64. The molecule has 41 heavy (non-hydrogen) atoms. The highest BCUT2D eigenvalue weighted by atomic mass is 32.2. The number of imidazole rings is 1. The summed E-state index contributed by atoms with van der Waals surface area (Å²) < 4.78 is 23.2. The molecule has 3 N–H and O–H groups in total. The zero-order chi connectivity index (χ0) is 28.2. The first-order valence-corrected chi connectivity index (χ1v) is 16.1. The van der Waals surface area contributed by atoms with E-state index in [2.05, 4.69) is 49.8 Å². The van der Waals surface area contributed by atoms with Gasteiger partial charge in [-0.3, -0.25) is 4.79 Å². The first kappa shape index (κ1) is 27.4. The molecule has 1 amide bonds. The predicted molar refractivity (Wildman–Crippen MR) is 163 cm³/mol. The van der Waals surface area contributed by atoms with E-state index in [4.69, 9.17) is 0 Å². The van der Waals surface area contributed by atoms with Crippen molar-refractivity contribution in [3.8, 4) is 22.4 Å². The van der Waals surface area contributed by atoms with E-state index in [-0.39, 0.29) is 17.4 Å². The van der Waals surface area contributed by atoms with Gasteiger partial charge in [-0.1, -0.05) is 48.5 Å². The topological polar surface area (TPSA) is 107 Å². The fourth-order valence-electron chi connectivity index (χ4n) is 5.45. The maximum absolute atomic E-state index is 12.8. The summed E-state index contributed by atoms with van der Waals surface area (Å²) in [4.78, 5) is 23.1. The monoisotopic (exact) mass is 569 g/mol. The van der Waals surface area contributed by atoms with Crippen molar-refractivity contribution in [2.45, 2.75) is 25.3 Å². The number of anilines is 1. The Balaban J connectivity index is 1.02. The second kappa shape index (κ2) is 12.0. The number of carbonyl (C=O) groups is 1. The summed E-state index contributed by atoms with van der Waals surface area (Å²) in [7, 11) is -2.85. The average molecular weight is 570 g/mol. The summed E-state index contributed by atoms with van der Waals surface area (Å²) in [6, 6.07) is 24.2. The molecule has 0 saturated carbocycles. The fraction of sp³-hybridized carbons (Fsp3) is 0.312. The molecule has 0 bridgehead atoms. The Morgan fingerprint density at radius 1 is 0.902 bits per heavy atom. The van der Waals surface area contributed by atoms with Gasteiger partial charge in [-0.05, 0) is 72.3 Å². The van der Waals surface area contributed by atoms with Gasteiger partial charge in [0.1, 0.15) is 5.82 Å². The van der Waals surface area contributed by atoms with Gasteiger partial charge in [-0.25, -0.2) is 13.4 Å². The lowest BCUT2D eigenvalue weighted by molar-refractivity contribution is 0.102. The Hall–Kier alpha value is -3.79. The number of rotatable bonds is 8. The molecule has 2 aliphatic rings. The summed E-state index contributed by atoms with van der Waals surface area (Å²) in [6.07, 6.45) is 5.04. The van der Waals surface area contributed by atoms with E-state index in [1.807, 2.05) is 54.7 Å². The Morgan fingerprint density at radius 2 is 1.56 bits per heavy atom. The normalized spacial score (nSPS) is 18.8. The van der Waals surface area contributed by atoms with Crippen molar-refractivity contribution < 1.29 is 13.2 Å². The highest BCUT2D eigenvalue weighted by molar-refractivity contribution is 7.91. The van der Waals surface area contributed by atoms with E-state index >= 15 is 0 Å². The van der Waals surface area contributed by atoms with Gasteiger partial charge in [0.25, 0.3) is 5.91 Å². The SMILES string of the molecule is O=C(Nc1ccc(CCN2CCS(=O)(=O)CC2)cc1)c1ccc(-c2ccc(-c3cnc([C@@H]4CCCN4)[nH]3)cc2)cc1. The fourth-order valence-corrected chi connectivity index (χ4v) is 6.73. The number of amides is 1. The molecule has 6 rings (SSSR count). The van der Waals surface area contributed by atoms with Gasteiger partial charge < -0.3 is 20.5 Å². The van der Waals surface area contributed by atoms with Crippen LogP contribution in [0.2, 0.25) is 0 Å². The minimum Gasteiger partial charge on any atom is -0.341 e. The lowest BCUT2D eigenvalue weighted by atomic mass is 10.0.